The average Bonchev–Trinajstić information content (AvgIpc) is 2.26. The summed E-state index contributed by atoms with van der Waals surface area (Å²) >= 11 is 0. The molecule has 86 valence electrons. The summed E-state index contributed by atoms with van der Waals surface area (Å²) in [6, 6.07) is 4.93. The Labute approximate surface area is 95.1 Å². The summed E-state index contributed by atoms with van der Waals surface area (Å²) in [6.07, 6.45) is 0. The van der Waals surface area contributed by atoms with Crippen LogP contribution in [0.2, 0.25) is 0 Å². The summed E-state index contributed by atoms with van der Waals surface area (Å²) in [5, 5.41) is 2.54. The second-order valence-corrected chi connectivity index (χ2v) is 3.58. The van der Waals surface area contributed by atoms with Crippen LogP contribution in [0.5, 0.6) is 5.75 Å². The molecule has 0 saturated heterocycles. The maximum Gasteiger partial charge on any atom is 0.251 e. The minimum Gasteiger partial charge on any atom is -0.487 e. The second kappa shape index (κ2) is 5.21. The van der Waals surface area contributed by atoms with Gasteiger partial charge in [0.1, 0.15) is 12.4 Å². The molecule has 0 fully saturated rings. The first kappa shape index (κ1) is 12.1. The van der Waals surface area contributed by atoms with Crippen molar-refractivity contribution in [3.63, 3.8) is 0 Å². The molecule has 0 bridgehead atoms. The predicted molar refractivity (Wildman–Crippen MR) is 64.6 cm³/mol. The first-order valence-corrected chi connectivity index (χ1v) is 4.93. The van der Waals surface area contributed by atoms with Crippen LogP contribution in [-0.4, -0.2) is 19.6 Å². The molecular weight excluding hydrogens is 204 g/mol. The van der Waals surface area contributed by atoms with Gasteiger partial charge in [-0.05, 0) is 30.7 Å². The highest BCUT2D eigenvalue weighted by molar-refractivity contribution is 5.95. The number of hydrogen-bond acceptors (Lipinski definition) is 3. The number of nitrogens with one attached hydrogen (secondary N) is 1. The van der Waals surface area contributed by atoms with Gasteiger partial charge in [-0.15, -0.1) is 0 Å². The van der Waals surface area contributed by atoms with E-state index >= 15 is 0 Å². The van der Waals surface area contributed by atoms with Crippen LogP contribution in [0.25, 0.3) is 0 Å². The molecule has 0 aliphatic rings. The van der Waals surface area contributed by atoms with Gasteiger partial charge in [-0.2, -0.15) is 0 Å². The lowest BCUT2D eigenvalue weighted by Gasteiger charge is -2.10. The summed E-state index contributed by atoms with van der Waals surface area (Å²) in [5.41, 5.74) is 7.65. The van der Waals surface area contributed by atoms with Gasteiger partial charge in [0.25, 0.3) is 5.91 Å². The van der Waals surface area contributed by atoms with Crippen LogP contribution >= 0.6 is 0 Å². The Morgan fingerprint density at radius 3 is 2.81 bits per heavy atom. The van der Waals surface area contributed by atoms with E-state index in [0.29, 0.717) is 23.6 Å². The van der Waals surface area contributed by atoms with Crippen LogP contribution in [0.1, 0.15) is 17.3 Å². The third-order valence-electron chi connectivity index (χ3n) is 1.98. The number of carbonyl (C=O) groups excluding carboxylic acids is 1. The SMILES string of the molecule is C=C(C)COc1cc(C(=O)NC)ccc1N. The summed E-state index contributed by atoms with van der Waals surface area (Å²) in [5.74, 6) is 0.337. The number of nitrogen functional groups attached to an aromatic ring is 1. The fourth-order valence-electron chi connectivity index (χ4n) is 1.15. The molecule has 0 spiro atoms. The molecule has 1 amide bonds. The summed E-state index contributed by atoms with van der Waals surface area (Å²) in [4.78, 5) is 11.4. The number of hydrogen-bond donors (Lipinski definition) is 2. The van der Waals surface area contributed by atoms with Crippen LogP contribution < -0.4 is 15.8 Å². The monoisotopic (exact) mass is 220 g/mol. The van der Waals surface area contributed by atoms with Crippen molar-refractivity contribution >= 4 is 11.6 Å². The summed E-state index contributed by atoms with van der Waals surface area (Å²) in [6.45, 7) is 5.98. The third kappa shape index (κ3) is 3.02. The zero-order valence-corrected chi connectivity index (χ0v) is 9.54. The predicted octanol–water partition coefficient (Wildman–Crippen LogP) is 1.58. The van der Waals surface area contributed by atoms with Gasteiger partial charge in [0.15, 0.2) is 0 Å². The van der Waals surface area contributed by atoms with Crippen LogP contribution in [0.4, 0.5) is 5.69 Å². The van der Waals surface area contributed by atoms with Gasteiger partial charge in [0, 0.05) is 12.6 Å². The molecule has 4 nitrogen and oxygen atoms in total. The highest BCUT2D eigenvalue weighted by Gasteiger charge is 2.07. The van der Waals surface area contributed by atoms with Crippen molar-refractivity contribution < 1.29 is 9.53 Å². The minimum atomic E-state index is -0.167. The van der Waals surface area contributed by atoms with E-state index in [4.69, 9.17) is 10.5 Å². The molecule has 0 atom stereocenters. The van der Waals surface area contributed by atoms with E-state index in [-0.39, 0.29) is 5.91 Å². The Bertz CT molecular complexity index is 413. The largest absolute Gasteiger partial charge is 0.487 e. The molecule has 1 aromatic carbocycles. The minimum absolute atomic E-state index is 0.167. The van der Waals surface area contributed by atoms with E-state index in [1.165, 1.54) is 0 Å². The van der Waals surface area contributed by atoms with E-state index < -0.39 is 0 Å². The first-order chi connectivity index (χ1) is 7.54. The lowest BCUT2D eigenvalue weighted by Crippen LogP contribution is -2.18. The molecule has 1 aromatic rings. The van der Waals surface area contributed by atoms with Gasteiger partial charge < -0.3 is 15.8 Å². The van der Waals surface area contributed by atoms with Crippen molar-refractivity contribution in [3.8, 4) is 5.75 Å². The van der Waals surface area contributed by atoms with Crippen LogP contribution in [0, 0.1) is 0 Å². The number of amides is 1. The van der Waals surface area contributed by atoms with Crippen molar-refractivity contribution in [2.75, 3.05) is 19.4 Å². The lowest BCUT2D eigenvalue weighted by molar-refractivity contribution is 0.0962. The Morgan fingerprint density at radius 1 is 1.56 bits per heavy atom. The fourth-order valence-corrected chi connectivity index (χ4v) is 1.15. The lowest BCUT2D eigenvalue weighted by atomic mass is 10.2. The van der Waals surface area contributed by atoms with Crippen LogP contribution in [-0.2, 0) is 0 Å². The smallest absolute Gasteiger partial charge is 0.251 e. The quantitative estimate of drug-likeness (QED) is 0.598. The Balaban J connectivity index is 2.90. The number of carbonyl (C=O) groups is 1. The number of ether oxygens (including phenoxy) is 1. The normalized spacial score (nSPS) is 9.62. The molecule has 0 saturated carbocycles. The van der Waals surface area contributed by atoms with Crippen molar-refractivity contribution in [2.24, 2.45) is 0 Å². The Hall–Kier alpha value is -1.97. The molecule has 0 aromatic heterocycles. The zero-order chi connectivity index (χ0) is 12.1. The number of rotatable bonds is 4. The van der Waals surface area contributed by atoms with Gasteiger partial charge in [0.05, 0.1) is 5.69 Å². The molecular formula is C12H16N2O2. The highest BCUT2D eigenvalue weighted by Crippen LogP contribution is 2.23. The first-order valence-electron chi connectivity index (χ1n) is 4.93. The topological polar surface area (TPSA) is 64.3 Å². The van der Waals surface area contributed by atoms with Crippen molar-refractivity contribution in [1.82, 2.24) is 5.32 Å². The molecule has 3 N–H and O–H groups in total. The molecule has 0 radical (unpaired) electrons. The summed E-state index contributed by atoms with van der Waals surface area (Å²) < 4.78 is 5.43. The third-order valence-corrected chi connectivity index (χ3v) is 1.98. The maximum atomic E-state index is 11.4. The Morgan fingerprint density at radius 2 is 2.25 bits per heavy atom. The standard InChI is InChI=1S/C12H16N2O2/c1-8(2)7-16-11-6-9(12(15)14-3)4-5-10(11)13/h4-6H,1,7,13H2,2-3H3,(H,14,15). The zero-order valence-electron chi connectivity index (χ0n) is 9.54. The summed E-state index contributed by atoms with van der Waals surface area (Å²) in [7, 11) is 1.58. The molecule has 16 heavy (non-hydrogen) atoms. The van der Waals surface area contributed by atoms with E-state index in [2.05, 4.69) is 11.9 Å². The average molecular weight is 220 g/mol. The van der Waals surface area contributed by atoms with Gasteiger partial charge >= 0.3 is 0 Å². The molecule has 0 aliphatic heterocycles. The number of nitrogens with two attached hydrogens (primary N) is 1. The van der Waals surface area contributed by atoms with E-state index in [1.807, 2.05) is 6.92 Å². The molecule has 0 aliphatic carbocycles. The van der Waals surface area contributed by atoms with Gasteiger partial charge in [-0.3, -0.25) is 4.79 Å². The van der Waals surface area contributed by atoms with E-state index in [1.54, 1.807) is 25.2 Å². The van der Waals surface area contributed by atoms with Crippen LogP contribution in [0.3, 0.4) is 0 Å². The number of anilines is 1. The molecule has 0 heterocycles. The highest BCUT2D eigenvalue weighted by atomic mass is 16.5. The van der Waals surface area contributed by atoms with Crippen molar-refractivity contribution in [1.29, 1.82) is 0 Å². The fraction of sp³-hybridized carbons (Fsp3) is 0.250. The maximum absolute atomic E-state index is 11.4. The van der Waals surface area contributed by atoms with Gasteiger partial charge in [0.2, 0.25) is 0 Å². The number of benzene rings is 1. The molecule has 4 heteroatoms. The van der Waals surface area contributed by atoms with Crippen molar-refractivity contribution in [2.45, 2.75) is 6.92 Å². The van der Waals surface area contributed by atoms with E-state index in [9.17, 15) is 4.79 Å². The second-order valence-electron chi connectivity index (χ2n) is 3.58. The van der Waals surface area contributed by atoms with Crippen LogP contribution in [0.15, 0.2) is 30.4 Å². The van der Waals surface area contributed by atoms with Crippen molar-refractivity contribution in [3.05, 3.63) is 35.9 Å². The molecule has 0 unspecified atom stereocenters. The van der Waals surface area contributed by atoms with Gasteiger partial charge in [-0.25, -0.2) is 0 Å². The Kier molecular flexibility index (Phi) is 3.94. The van der Waals surface area contributed by atoms with Gasteiger partial charge in [-0.1, -0.05) is 6.58 Å². The molecule has 1 rings (SSSR count). The van der Waals surface area contributed by atoms with E-state index in [0.717, 1.165) is 5.57 Å².